The zero-order valence-electron chi connectivity index (χ0n) is 18.2. The molecule has 0 aliphatic rings. The summed E-state index contributed by atoms with van der Waals surface area (Å²) in [6.45, 7) is 13.4. The van der Waals surface area contributed by atoms with Crippen LogP contribution >= 0.6 is 7.82 Å². The third kappa shape index (κ3) is 8.18. The topological polar surface area (TPSA) is 44.8 Å². The van der Waals surface area contributed by atoms with E-state index in [0.717, 1.165) is 16.7 Å². The first kappa shape index (κ1) is 23.3. The molecule has 0 aliphatic heterocycles. The van der Waals surface area contributed by atoms with Crippen LogP contribution in [0.2, 0.25) is 0 Å². The van der Waals surface area contributed by atoms with Gasteiger partial charge in [-0.1, -0.05) is 58.7 Å². The van der Waals surface area contributed by atoms with Crippen LogP contribution in [0.5, 0.6) is 17.2 Å². The van der Waals surface area contributed by atoms with E-state index >= 15 is 0 Å². The number of hydrogen-bond acceptors (Lipinski definition) is 4. The first-order valence-electron chi connectivity index (χ1n) is 9.66. The molecule has 0 heterocycles. The molecular weight excluding hydrogens is 395 g/mol. The van der Waals surface area contributed by atoms with Crippen molar-refractivity contribution in [2.75, 3.05) is 0 Å². The van der Waals surface area contributed by atoms with Gasteiger partial charge in [0.25, 0.3) is 0 Å². The van der Waals surface area contributed by atoms with Gasteiger partial charge in [0.1, 0.15) is 17.2 Å². The fraction of sp³-hybridized carbons (Fsp3) is 0.200. The molecule has 3 aromatic carbocycles. The summed E-state index contributed by atoms with van der Waals surface area (Å²) < 4.78 is 30.2. The monoisotopic (exact) mass is 424 g/mol. The molecule has 0 unspecified atom stereocenters. The molecule has 0 saturated heterocycles. The standard InChI is InChI=1S/C21H21O4P.C4H8/c1-16-4-10-19(11-5-16)23-26(22,24-20-12-6-17(2)7-13-20)25-21-14-8-18(3)9-15-21;1-4(2)3/h4-15H,1-3H3;1H2,2-3H3. The number of allylic oxidation sites excluding steroid dienone is 1. The van der Waals surface area contributed by atoms with Crippen molar-refractivity contribution in [1.29, 1.82) is 0 Å². The van der Waals surface area contributed by atoms with E-state index in [0.29, 0.717) is 17.2 Å². The first-order chi connectivity index (χ1) is 14.1. The predicted octanol–water partition coefficient (Wildman–Crippen LogP) is 7.84. The summed E-state index contributed by atoms with van der Waals surface area (Å²) in [4.78, 5) is 0. The minimum atomic E-state index is -3.93. The summed E-state index contributed by atoms with van der Waals surface area (Å²) in [7, 11) is -3.93. The van der Waals surface area contributed by atoms with E-state index in [1.807, 2.05) is 71.0 Å². The maximum absolute atomic E-state index is 13.3. The Morgan fingerprint density at radius 2 is 0.800 bits per heavy atom. The van der Waals surface area contributed by atoms with Crippen LogP contribution < -0.4 is 13.6 Å². The van der Waals surface area contributed by atoms with E-state index in [4.69, 9.17) is 13.6 Å². The molecule has 3 aromatic rings. The van der Waals surface area contributed by atoms with Crippen molar-refractivity contribution in [3.63, 3.8) is 0 Å². The largest absolute Gasteiger partial charge is 0.647 e. The Morgan fingerprint density at radius 1 is 0.600 bits per heavy atom. The van der Waals surface area contributed by atoms with Crippen LogP contribution in [0.4, 0.5) is 0 Å². The Balaban J connectivity index is 0.000000735. The molecular formula is C25H29O4P. The van der Waals surface area contributed by atoms with Crippen molar-refractivity contribution in [2.45, 2.75) is 34.6 Å². The summed E-state index contributed by atoms with van der Waals surface area (Å²) in [6, 6.07) is 21.6. The Labute approximate surface area is 179 Å². The minimum absolute atomic E-state index is 0.415. The van der Waals surface area contributed by atoms with Crippen LogP contribution in [0.25, 0.3) is 0 Å². The van der Waals surface area contributed by atoms with Crippen LogP contribution in [0, 0.1) is 20.8 Å². The van der Waals surface area contributed by atoms with Crippen LogP contribution in [0.15, 0.2) is 84.9 Å². The average molecular weight is 424 g/mol. The third-order valence-electron chi connectivity index (χ3n) is 3.71. The highest BCUT2D eigenvalue weighted by molar-refractivity contribution is 7.49. The van der Waals surface area contributed by atoms with E-state index in [-0.39, 0.29) is 0 Å². The molecule has 3 rings (SSSR count). The minimum Gasteiger partial charge on any atom is -0.386 e. The summed E-state index contributed by atoms with van der Waals surface area (Å²) in [5.41, 5.74) is 4.39. The van der Waals surface area contributed by atoms with E-state index in [9.17, 15) is 4.57 Å². The van der Waals surface area contributed by atoms with Gasteiger partial charge in [0.05, 0.1) is 0 Å². The molecule has 0 aromatic heterocycles. The maximum atomic E-state index is 13.3. The molecule has 0 fully saturated rings. The van der Waals surface area contributed by atoms with E-state index in [1.54, 1.807) is 36.4 Å². The molecule has 0 amide bonds. The van der Waals surface area contributed by atoms with Gasteiger partial charge >= 0.3 is 7.82 Å². The molecule has 0 radical (unpaired) electrons. The van der Waals surface area contributed by atoms with Gasteiger partial charge in [-0.25, -0.2) is 0 Å². The van der Waals surface area contributed by atoms with Crippen molar-refractivity contribution in [1.82, 2.24) is 0 Å². The predicted molar refractivity (Wildman–Crippen MR) is 124 cm³/mol. The number of phosphoric ester groups is 1. The van der Waals surface area contributed by atoms with Crippen molar-refractivity contribution < 1.29 is 18.1 Å². The third-order valence-corrected chi connectivity index (χ3v) is 5.02. The zero-order chi connectivity index (χ0) is 22.1. The van der Waals surface area contributed by atoms with Gasteiger partial charge in [-0.3, -0.25) is 0 Å². The van der Waals surface area contributed by atoms with Gasteiger partial charge in [-0.05, 0) is 71.0 Å². The molecule has 0 spiro atoms. The van der Waals surface area contributed by atoms with Gasteiger partial charge in [0, 0.05) is 0 Å². The Kier molecular flexibility index (Phi) is 8.32. The Hall–Kier alpha value is -2.97. The Bertz CT molecular complexity index is 864. The second kappa shape index (κ2) is 10.7. The smallest absolute Gasteiger partial charge is 0.386 e. The second-order valence-corrected chi connectivity index (χ2v) is 8.81. The first-order valence-corrected chi connectivity index (χ1v) is 11.1. The highest BCUT2D eigenvalue weighted by atomic mass is 31.2. The summed E-state index contributed by atoms with van der Waals surface area (Å²) in [5.74, 6) is 1.24. The molecule has 0 N–H and O–H groups in total. The van der Waals surface area contributed by atoms with Crippen molar-refractivity contribution in [2.24, 2.45) is 0 Å². The lowest BCUT2D eigenvalue weighted by molar-refractivity contribution is 0.298. The van der Waals surface area contributed by atoms with Gasteiger partial charge in [0.15, 0.2) is 0 Å². The average Bonchev–Trinajstić information content (AvgIpc) is 2.67. The van der Waals surface area contributed by atoms with Gasteiger partial charge in [-0.15, -0.1) is 6.58 Å². The summed E-state index contributed by atoms with van der Waals surface area (Å²) in [5, 5.41) is 0. The molecule has 30 heavy (non-hydrogen) atoms. The van der Waals surface area contributed by atoms with Crippen LogP contribution in [-0.4, -0.2) is 0 Å². The van der Waals surface area contributed by atoms with Gasteiger partial charge in [0.2, 0.25) is 0 Å². The number of aryl methyl sites for hydroxylation is 3. The van der Waals surface area contributed by atoms with E-state index in [2.05, 4.69) is 6.58 Å². The van der Waals surface area contributed by atoms with Crippen LogP contribution in [0.1, 0.15) is 30.5 Å². The highest BCUT2D eigenvalue weighted by Gasteiger charge is 2.33. The summed E-state index contributed by atoms with van der Waals surface area (Å²) in [6.07, 6.45) is 0. The van der Waals surface area contributed by atoms with E-state index in [1.165, 1.54) is 5.57 Å². The second-order valence-electron chi connectivity index (χ2n) is 7.37. The fourth-order valence-electron chi connectivity index (χ4n) is 2.24. The lowest BCUT2D eigenvalue weighted by atomic mass is 10.2. The lowest BCUT2D eigenvalue weighted by Crippen LogP contribution is -2.07. The van der Waals surface area contributed by atoms with Crippen LogP contribution in [0.3, 0.4) is 0 Å². The van der Waals surface area contributed by atoms with Crippen molar-refractivity contribution >= 4 is 7.82 Å². The highest BCUT2D eigenvalue weighted by Crippen LogP contribution is 2.49. The normalized spacial score (nSPS) is 10.4. The summed E-state index contributed by atoms with van der Waals surface area (Å²) >= 11 is 0. The number of phosphoric acid groups is 1. The molecule has 158 valence electrons. The van der Waals surface area contributed by atoms with Gasteiger partial charge < -0.3 is 13.6 Å². The number of hydrogen-bond donors (Lipinski definition) is 0. The maximum Gasteiger partial charge on any atom is 0.647 e. The molecule has 5 heteroatoms. The fourth-order valence-corrected chi connectivity index (χ4v) is 3.49. The van der Waals surface area contributed by atoms with Crippen molar-refractivity contribution in [3.05, 3.63) is 102 Å². The van der Waals surface area contributed by atoms with Crippen LogP contribution in [-0.2, 0) is 4.57 Å². The molecule has 4 nitrogen and oxygen atoms in total. The Morgan fingerprint density at radius 3 is 1.00 bits per heavy atom. The molecule has 0 saturated carbocycles. The number of rotatable bonds is 6. The number of benzene rings is 3. The molecule has 0 bridgehead atoms. The quantitative estimate of drug-likeness (QED) is 0.299. The van der Waals surface area contributed by atoms with Crippen molar-refractivity contribution in [3.8, 4) is 17.2 Å². The van der Waals surface area contributed by atoms with E-state index < -0.39 is 7.82 Å². The molecule has 0 atom stereocenters. The lowest BCUT2D eigenvalue weighted by Gasteiger charge is -2.19. The van der Waals surface area contributed by atoms with Gasteiger partial charge in [-0.2, -0.15) is 4.57 Å². The zero-order valence-corrected chi connectivity index (χ0v) is 19.1. The molecule has 0 aliphatic carbocycles. The SMILES string of the molecule is C=C(C)C.Cc1ccc(OP(=O)(Oc2ccc(C)cc2)Oc2ccc(C)cc2)cc1.